The number of hydrogen-bond acceptors (Lipinski definition) is 10. The summed E-state index contributed by atoms with van der Waals surface area (Å²) in [5.74, 6) is -1.98. The summed E-state index contributed by atoms with van der Waals surface area (Å²) in [7, 11) is -3.12. The molecule has 0 spiro atoms. The van der Waals surface area contributed by atoms with E-state index in [0.717, 1.165) is 24.9 Å². The normalized spacial score (nSPS) is 13.2. The Morgan fingerprint density at radius 2 is 2.24 bits per heavy atom. The minimum atomic E-state index is -4.19. The van der Waals surface area contributed by atoms with Gasteiger partial charge in [0, 0.05) is 5.75 Å². The lowest BCUT2D eigenvalue weighted by Gasteiger charge is -2.13. The van der Waals surface area contributed by atoms with Crippen LogP contribution in [0.1, 0.15) is 5.69 Å². The van der Waals surface area contributed by atoms with Gasteiger partial charge in [0.2, 0.25) is 0 Å². The SMILES string of the molecule is COC(=O)C(CSc1nonc1C(=Nc1ccc(F)c(Cl)c1)NO)NS(N)(=O)=O. The van der Waals surface area contributed by atoms with Gasteiger partial charge in [-0.2, -0.15) is 13.1 Å². The molecule has 1 unspecified atom stereocenters. The summed E-state index contributed by atoms with van der Waals surface area (Å²) < 4.78 is 46.7. The van der Waals surface area contributed by atoms with Crippen molar-refractivity contribution in [2.75, 3.05) is 12.9 Å². The van der Waals surface area contributed by atoms with Crippen LogP contribution in [0.25, 0.3) is 0 Å². The van der Waals surface area contributed by atoms with E-state index in [2.05, 4.69) is 24.7 Å². The van der Waals surface area contributed by atoms with Crippen LogP contribution in [0.4, 0.5) is 10.1 Å². The van der Waals surface area contributed by atoms with E-state index >= 15 is 0 Å². The van der Waals surface area contributed by atoms with Gasteiger partial charge >= 0.3 is 5.97 Å². The van der Waals surface area contributed by atoms with E-state index in [1.54, 1.807) is 5.48 Å². The first kappa shape index (κ1) is 23.0. The van der Waals surface area contributed by atoms with Crippen molar-refractivity contribution in [2.24, 2.45) is 10.1 Å². The Kier molecular flexibility index (Phi) is 7.88. The molecule has 16 heteroatoms. The summed E-state index contributed by atoms with van der Waals surface area (Å²) in [6.07, 6.45) is 0. The zero-order chi connectivity index (χ0) is 21.6. The molecule has 0 aliphatic heterocycles. The van der Waals surface area contributed by atoms with Crippen LogP contribution in [-0.4, -0.2) is 54.6 Å². The number of rotatable bonds is 8. The van der Waals surface area contributed by atoms with E-state index in [1.807, 2.05) is 4.72 Å². The molecule has 1 atom stereocenters. The number of hydroxylamine groups is 1. The highest BCUT2D eigenvalue weighted by Crippen LogP contribution is 2.24. The molecule has 2 rings (SSSR count). The molecule has 0 aliphatic carbocycles. The molecule has 12 nitrogen and oxygen atoms in total. The fraction of sp³-hybridized carbons (Fsp3) is 0.231. The van der Waals surface area contributed by atoms with Crippen LogP contribution in [-0.2, 0) is 19.7 Å². The molecule has 5 N–H and O–H groups in total. The van der Waals surface area contributed by atoms with E-state index < -0.39 is 28.0 Å². The van der Waals surface area contributed by atoms with Gasteiger partial charge in [-0.15, -0.1) is 0 Å². The molecule has 0 bridgehead atoms. The molecular weight excluding hydrogens is 455 g/mol. The average molecular weight is 469 g/mol. The van der Waals surface area contributed by atoms with Crippen molar-refractivity contribution in [3.63, 3.8) is 0 Å². The van der Waals surface area contributed by atoms with Gasteiger partial charge in [-0.05, 0) is 28.5 Å². The monoisotopic (exact) mass is 468 g/mol. The third-order valence-electron chi connectivity index (χ3n) is 3.11. The second-order valence-corrected chi connectivity index (χ2v) is 7.88. The van der Waals surface area contributed by atoms with Gasteiger partial charge in [-0.1, -0.05) is 23.4 Å². The molecule has 1 heterocycles. The predicted octanol–water partition coefficient (Wildman–Crippen LogP) is 0.346. The Morgan fingerprint density at radius 3 is 2.83 bits per heavy atom. The number of ether oxygens (including phenoxy) is 1. The number of aliphatic imine (C=N–C) groups is 1. The zero-order valence-electron chi connectivity index (χ0n) is 14.5. The molecule has 0 fully saturated rings. The van der Waals surface area contributed by atoms with Crippen molar-refractivity contribution >= 4 is 51.1 Å². The predicted molar refractivity (Wildman–Crippen MR) is 99.6 cm³/mol. The number of methoxy groups -OCH3 is 1. The number of aromatic nitrogens is 2. The van der Waals surface area contributed by atoms with Crippen LogP contribution in [0.15, 0.2) is 32.8 Å². The summed E-state index contributed by atoms with van der Waals surface area (Å²) in [6.45, 7) is 0. The summed E-state index contributed by atoms with van der Waals surface area (Å²) in [5.41, 5.74) is 1.91. The maximum absolute atomic E-state index is 13.3. The van der Waals surface area contributed by atoms with Crippen molar-refractivity contribution in [3.8, 4) is 0 Å². The Labute approximate surface area is 172 Å². The number of halogens is 2. The maximum atomic E-state index is 13.3. The van der Waals surface area contributed by atoms with Crippen LogP contribution in [0.3, 0.4) is 0 Å². The third-order valence-corrected chi connectivity index (χ3v) is 5.06. The van der Waals surface area contributed by atoms with Gasteiger partial charge in [-0.3, -0.25) is 15.5 Å². The highest BCUT2D eigenvalue weighted by Gasteiger charge is 2.26. The van der Waals surface area contributed by atoms with Crippen molar-refractivity contribution < 1.29 is 32.2 Å². The minimum Gasteiger partial charge on any atom is -0.468 e. The summed E-state index contributed by atoms with van der Waals surface area (Å²) in [5, 5.41) is 21.3. The number of amidine groups is 1. The number of carbonyl (C=O) groups excluding carboxylic acids is 1. The highest BCUT2D eigenvalue weighted by molar-refractivity contribution is 7.99. The maximum Gasteiger partial charge on any atom is 0.324 e. The van der Waals surface area contributed by atoms with E-state index in [1.165, 1.54) is 12.1 Å². The first-order valence-corrected chi connectivity index (χ1v) is 10.3. The van der Waals surface area contributed by atoms with Crippen LogP contribution < -0.4 is 15.3 Å². The molecule has 0 aliphatic rings. The average Bonchev–Trinajstić information content (AvgIpc) is 3.12. The van der Waals surface area contributed by atoms with E-state index in [-0.39, 0.29) is 33.0 Å². The van der Waals surface area contributed by atoms with Crippen molar-refractivity contribution in [1.82, 2.24) is 20.5 Å². The van der Waals surface area contributed by atoms with Gasteiger partial charge in [0.05, 0.1) is 17.8 Å². The first-order chi connectivity index (χ1) is 13.6. The fourth-order valence-corrected chi connectivity index (χ4v) is 3.64. The minimum absolute atomic E-state index is 0.0450. The Morgan fingerprint density at radius 1 is 1.52 bits per heavy atom. The summed E-state index contributed by atoms with van der Waals surface area (Å²) in [4.78, 5) is 15.8. The lowest BCUT2D eigenvalue weighted by atomic mass is 10.3. The second-order valence-electron chi connectivity index (χ2n) is 5.14. The van der Waals surface area contributed by atoms with Gasteiger partial charge < -0.3 is 4.74 Å². The van der Waals surface area contributed by atoms with E-state index in [9.17, 15) is 22.8 Å². The molecule has 29 heavy (non-hydrogen) atoms. The van der Waals surface area contributed by atoms with Crippen LogP contribution in [0.2, 0.25) is 5.02 Å². The molecular formula is C13H14ClFN6O6S2. The molecule has 1 aromatic heterocycles. The number of benzene rings is 1. The van der Waals surface area contributed by atoms with Crippen LogP contribution >= 0.6 is 23.4 Å². The molecule has 0 amide bonds. The molecule has 158 valence electrons. The lowest BCUT2D eigenvalue weighted by molar-refractivity contribution is -0.141. The summed E-state index contributed by atoms with van der Waals surface area (Å²) in [6, 6.07) is 2.25. The number of nitrogens with two attached hydrogens (primary N) is 1. The third kappa shape index (κ3) is 6.62. The number of hydrogen-bond donors (Lipinski definition) is 4. The molecule has 0 saturated heterocycles. The standard InChI is InChI=1S/C13H14ClFN6O6S2/c1-26-13(22)9(21-29(16,24)25)5-28-12-10(19-27-20-12)11(18-23)17-6-2-3-8(15)7(14)4-6/h2-4,9,21,23H,5H2,1H3,(H,17,18)(H2,16,24,25). The molecule has 2 aromatic rings. The molecule has 0 radical (unpaired) electrons. The number of esters is 1. The van der Waals surface area contributed by atoms with Crippen molar-refractivity contribution in [1.29, 1.82) is 0 Å². The van der Waals surface area contributed by atoms with Crippen molar-refractivity contribution in [2.45, 2.75) is 11.1 Å². The smallest absolute Gasteiger partial charge is 0.324 e. The van der Waals surface area contributed by atoms with Crippen molar-refractivity contribution in [3.05, 3.63) is 34.7 Å². The van der Waals surface area contributed by atoms with Gasteiger partial charge in [0.1, 0.15) is 11.9 Å². The van der Waals surface area contributed by atoms with Gasteiger partial charge in [0.15, 0.2) is 16.6 Å². The number of thioether (sulfide) groups is 1. The van der Waals surface area contributed by atoms with E-state index in [4.69, 9.17) is 16.7 Å². The zero-order valence-corrected chi connectivity index (χ0v) is 16.9. The largest absolute Gasteiger partial charge is 0.468 e. The van der Waals surface area contributed by atoms with Gasteiger partial charge in [0.25, 0.3) is 10.2 Å². The van der Waals surface area contributed by atoms with Crippen LogP contribution in [0.5, 0.6) is 0 Å². The summed E-state index contributed by atoms with van der Waals surface area (Å²) >= 11 is 6.53. The Bertz CT molecular complexity index is 1020. The highest BCUT2D eigenvalue weighted by atomic mass is 35.5. The molecule has 1 aromatic carbocycles. The lowest BCUT2D eigenvalue weighted by Crippen LogP contribution is -2.46. The number of nitrogens with one attached hydrogen (secondary N) is 2. The fourth-order valence-electron chi connectivity index (χ4n) is 1.89. The molecule has 0 saturated carbocycles. The first-order valence-electron chi connectivity index (χ1n) is 7.42. The van der Waals surface area contributed by atoms with Gasteiger partial charge in [-0.25, -0.2) is 19.2 Å². The van der Waals surface area contributed by atoms with Crippen LogP contribution in [0, 0.1) is 5.82 Å². The second kappa shape index (κ2) is 9.95. The quantitative estimate of drug-likeness (QED) is 0.138. The Balaban J connectivity index is 2.24. The number of nitrogens with zero attached hydrogens (tertiary/aromatic N) is 3. The topological polar surface area (TPSA) is 182 Å². The van der Waals surface area contributed by atoms with E-state index in [0.29, 0.717) is 0 Å². The number of carbonyl (C=O) groups is 1. The Hall–Kier alpha value is -2.30.